The monoisotopic (exact) mass is 339 g/mol. The van der Waals surface area contributed by atoms with Crippen LogP contribution in [-0.2, 0) is 0 Å². The molecule has 0 saturated carbocycles. The van der Waals surface area contributed by atoms with Crippen LogP contribution in [0.25, 0.3) is 22.0 Å². The fourth-order valence-corrected chi connectivity index (χ4v) is 2.59. The third-order valence-corrected chi connectivity index (χ3v) is 3.83. The fourth-order valence-electron chi connectivity index (χ4n) is 2.59. The minimum atomic E-state index is -0.857. The van der Waals surface area contributed by atoms with Crippen LogP contribution < -0.4 is 33.2 Å². The summed E-state index contributed by atoms with van der Waals surface area (Å²) in [5.74, 6) is 11.4. The molecule has 0 unspecified atom stereocenters. The number of aromatic nitrogens is 1. The van der Waals surface area contributed by atoms with Gasteiger partial charge in [-0.1, -0.05) is 18.2 Å². The van der Waals surface area contributed by atoms with Gasteiger partial charge in [0.05, 0.1) is 11.4 Å². The molecule has 1 heterocycles. The summed E-state index contributed by atoms with van der Waals surface area (Å²) >= 11 is 0. The standard InChI is InChI=1S/C16H17N7O2/c17-15(24)22(19)10-5-9(6-11(7-10)23(20)16(18)25)13-8-21-14-4-2-1-3-12(13)14/h1-8,21H,19-20H2,(H2,17,24)(H2,18,25). The van der Waals surface area contributed by atoms with Crippen LogP contribution in [0.15, 0.2) is 48.7 Å². The Bertz CT molecular complexity index is 928. The highest BCUT2D eigenvalue weighted by atomic mass is 16.2. The van der Waals surface area contributed by atoms with E-state index in [2.05, 4.69) is 4.98 Å². The first kappa shape index (κ1) is 16.3. The van der Waals surface area contributed by atoms with Crippen molar-refractivity contribution in [3.8, 4) is 11.1 Å². The van der Waals surface area contributed by atoms with Crippen molar-refractivity contribution >= 4 is 34.3 Å². The van der Waals surface area contributed by atoms with Crippen LogP contribution in [0.5, 0.6) is 0 Å². The lowest BCUT2D eigenvalue weighted by atomic mass is 10.0. The van der Waals surface area contributed by atoms with Gasteiger partial charge in [-0.3, -0.25) is 0 Å². The number of carbonyl (C=O) groups is 2. The molecule has 0 atom stereocenters. The summed E-state index contributed by atoms with van der Waals surface area (Å²) in [4.78, 5) is 26.0. The first-order chi connectivity index (χ1) is 11.9. The number of fused-ring (bicyclic) bond motifs is 1. The Morgan fingerprint density at radius 2 is 1.44 bits per heavy atom. The Morgan fingerprint density at radius 3 is 2.00 bits per heavy atom. The van der Waals surface area contributed by atoms with E-state index in [1.807, 2.05) is 30.5 Å². The van der Waals surface area contributed by atoms with Gasteiger partial charge in [-0.2, -0.15) is 0 Å². The van der Waals surface area contributed by atoms with Gasteiger partial charge in [0.2, 0.25) is 0 Å². The molecule has 9 heteroatoms. The number of benzene rings is 2. The Labute approximate surface area is 142 Å². The van der Waals surface area contributed by atoms with Crippen molar-refractivity contribution in [2.24, 2.45) is 23.2 Å². The van der Waals surface area contributed by atoms with E-state index in [1.54, 1.807) is 12.1 Å². The van der Waals surface area contributed by atoms with Crippen LogP contribution in [0.1, 0.15) is 0 Å². The minimum Gasteiger partial charge on any atom is -0.361 e. The molecule has 0 saturated heterocycles. The molecule has 25 heavy (non-hydrogen) atoms. The maximum absolute atomic E-state index is 11.4. The van der Waals surface area contributed by atoms with Gasteiger partial charge in [0.15, 0.2) is 0 Å². The van der Waals surface area contributed by atoms with Gasteiger partial charge in [0.25, 0.3) is 0 Å². The highest BCUT2D eigenvalue weighted by molar-refractivity contribution is 5.99. The zero-order valence-electron chi connectivity index (χ0n) is 13.1. The lowest BCUT2D eigenvalue weighted by Crippen LogP contribution is -2.43. The number of hydrogen-bond acceptors (Lipinski definition) is 4. The normalized spacial score (nSPS) is 10.6. The average molecular weight is 339 g/mol. The second kappa shape index (κ2) is 6.15. The van der Waals surface area contributed by atoms with Crippen LogP contribution in [-0.4, -0.2) is 17.0 Å². The van der Waals surface area contributed by atoms with E-state index in [-0.39, 0.29) is 11.4 Å². The Balaban J connectivity index is 2.21. The van der Waals surface area contributed by atoms with Crippen molar-refractivity contribution in [2.45, 2.75) is 0 Å². The first-order valence-corrected chi connectivity index (χ1v) is 7.28. The minimum absolute atomic E-state index is 0.266. The molecule has 4 amide bonds. The molecular formula is C16H17N7O2. The maximum atomic E-state index is 11.4. The number of H-pyrrole nitrogens is 1. The summed E-state index contributed by atoms with van der Waals surface area (Å²) in [7, 11) is 0. The number of hydrazine groups is 2. The SMILES string of the molecule is NC(=O)N(N)c1cc(-c2c[nH]c3ccccc23)cc(N(N)C(N)=O)c1. The number of rotatable bonds is 3. The molecular weight excluding hydrogens is 322 g/mol. The molecule has 1 aromatic heterocycles. The molecule has 9 N–H and O–H groups in total. The fraction of sp³-hybridized carbons (Fsp3) is 0. The van der Waals surface area contributed by atoms with Gasteiger partial charge in [0, 0.05) is 22.7 Å². The van der Waals surface area contributed by atoms with Gasteiger partial charge < -0.3 is 16.5 Å². The van der Waals surface area contributed by atoms with Gasteiger partial charge in [-0.25, -0.2) is 31.3 Å². The maximum Gasteiger partial charge on any atom is 0.333 e. The smallest absolute Gasteiger partial charge is 0.333 e. The molecule has 0 radical (unpaired) electrons. The largest absolute Gasteiger partial charge is 0.361 e. The number of hydrogen-bond donors (Lipinski definition) is 5. The van der Waals surface area contributed by atoms with Gasteiger partial charge in [-0.15, -0.1) is 0 Å². The number of urea groups is 2. The van der Waals surface area contributed by atoms with E-state index >= 15 is 0 Å². The summed E-state index contributed by atoms with van der Waals surface area (Å²) in [6.07, 6.45) is 1.81. The van der Waals surface area contributed by atoms with Crippen molar-refractivity contribution in [2.75, 3.05) is 10.0 Å². The van der Waals surface area contributed by atoms with E-state index in [4.69, 9.17) is 23.2 Å². The van der Waals surface area contributed by atoms with Crippen molar-refractivity contribution < 1.29 is 9.59 Å². The van der Waals surface area contributed by atoms with Crippen LogP contribution >= 0.6 is 0 Å². The number of carbonyl (C=O) groups excluding carboxylic acids is 2. The predicted octanol–water partition coefficient (Wildman–Crippen LogP) is 1.35. The highest BCUT2D eigenvalue weighted by Crippen LogP contribution is 2.34. The number of nitrogens with two attached hydrogens (primary N) is 4. The summed E-state index contributed by atoms with van der Waals surface area (Å²) in [5, 5.41) is 2.48. The number of nitrogens with one attached hydrogen (secondary N) is 1. The van der Waals surface area contributed by atoms with E-state index in [1.165, 1.54) is 6.07 Å². The molecule has 2 aromatic carbocycles. The van der Waals surface area contributed by atoms with Crippen LogP contribution in [0.4, 0.5) is 21.0 Å². The molecule has 0 bridgehead atoms. The number of nitrogens with zero attached hydrogens (tertiary/aromatic N) is 2. The van der Waals surface area contributed by atoms with Crippen molar-refractivity contribution in [3.63, 3.8) is 0 Å². The second-order valence-corrected chi connectivity index (χ2v) is 5.40. The molecule has 0 aliphatic heterocycles. The average Bonchev–Trinajstić information content (AvgIpc) is 3.03. The molecule has 128 valence electrons. The topological polar surface area (TPSA) is 160 Å². The number of primary amides is 2. The predicted molar refractivity (Wildman–Crippen MR) is 96.2 cm³/mol. The summed E-state index contributed by atoms with van der Waals surface area (Å²) in [6, 6.07) is 10.7. The molecule has 0 spiro atoms. The molecule has 3 aromatic rings. The second-order valence-electron chi connectivity index (χ2n) is 5.40. The van der Waals surface area contributed by atoms with Crippen LogP contribution in [0.2, 0.25) is 0 Å². The molecule has 9 nitrogen and oxygen atoms in total. The summed E-state index contributed by atoms with van der Waals surface area (Å²) in [5.41, 5.74) is 13.5. The summed E-state index contributed by atoms with van der Waals surface area (Å²) in [6.45, 7) is 0. The zero-order valence-corrected chi connectivity index (χ0v) is 13.1. The lowest BCUT2D eigenvalue weighted by Gasteiger charge is -2.20. The zero-order chi connectivity index (χ0) is 18.1. The number of para-hydroxylation sites is 1. The van der Waals surface area contributed by atoms with Crippen molar-refractivity contribution in [1.29, 1.82) is 0 Å². The molecule has 0 aliphatic carbocycles. The molecule has 3 rings (SSSR count). The van der Waals surface area contributed by atoms with Crippen molar-refractivity contribution in [1.82, 2.24) is 4.98 Å². The van der Waals surface area contributed by atoms with Gasteiger partial charge in [-0.05, 0) is 29.8 Å². The number of aromatic amines is 1. The Kier molecular flexibility index (Phi) is 4.01. The Hall–Kier alpha value is -3.56. The van der Waals surface area contributed by atoms with E-state index in [0.717, 1.165) is 26.5 Å². The molecule has 0 aliphatic rings. The number of anilines is 2. The third-order valence-electron chi connectivity index (χ3n) is 3.83. The third kappa shape index (κ3) is 2.96. The van der Waals surface area contributed by atoms with E-state index in [9.17, 15) is 9.59 Å². The van der Waals surface area contributed by atoms with E-state index < -0.39 is 12.1 Å². The van der Waals surface area contributed by atoms with Gasteiger partial charge >= 0.3 is 12.1 Å². The summed E-state index contributed by atoms with van der Waals surface area (Å²) < 4.78 is 0. The highest BCUT2D eigenvalue weighted by Gasteiger charge is 2.16. The lowest BCUT2D eigenvalue weighted by molar-refractivity contribution is 0.253. The quantitative estimate of drug-likeness (QED) is 0.277. The van der Waals surface area contributed by atoms with E-state index in [0.29, 0.717) is 5.56 Å². The molecule has 0 fully saturated rings. The van der Waals surface area contributed by atoms with Crippen LogP contribution in [0, 0.1) is 0 Å². The Morgan fingerprint density at radius 1 is 0.880 bits per heavy atom. The first-order valence-electron chi connectivity index (χ1n) is 7.28. The van der Waals surface area contributed by atoms with Crippen molar-refractivity contribution in [3.05, 3.63) is 48.7 Å². The van der Waals surface area contributed by atoms with Crippen LogP contribution in [0.3, 0.4) is 0 Å². The van der Waals surface area contributed by atoms with Gasteiger partial charge in [0.1, 0.15) is 0 Å². The number of amides is 4.